The first kappa shape index (κ1) is 43.2. The minimum absolute atomic E-state index is 0.0606. The van der Waals surface area contributed by atoms with Gasteiger partial charge in [-0.3, -0.25) is 28.8 Å². The smallest absolute Gasteiger partial charge is 0.328 e. The summed E-state index contributed by atoms with van der Waals surface area (Å²) in [4.78, 5) is 102. The standard InChI is InChI=1S/C41H56F2N6O8/c1-4-6-7-8-15-35(50)44-30(21-26-19-27(42)22-28(43)20-26)36(51)46-31-24-57-41(56)34-18-25(3)23-49(34)38(53)29(12-5-2)45-37(52)32-13-9-10-16-47(32)40(55)33-14-11-17-48(33)39(31)54/h8,15,19-20,22,25,29-34H,4-7,9-14,16-18,21,23-24H2,1-3H3,(H,44,50)(H,45,52)(H,46,51)/b15-8+/t25-,29+,30+,31+,32+,33+,34+/m1/s1. The number of nitrogens with zero attached hydrogens (tertiary/aromatic N) is 3. The summed E-state index contributed by atoms with van der Waals surface area (Å²) >= 11 is 0. The van der Waals surface area contributed by atoms with Gasteiger partial charge in [-0.1, -0.05) is 46.1 Å². The number of halogens is 2. The third-order valence-electron chi connectivity index (χ3n) is 11.2. The molecule has 0 radical (unpaired) electrons. The first-order chi connectivity index (χ1) is 27.3. The van der Waals surface area contributed by atoms with Crippen LogP contribution in [0.3, 0.4) is 0 Å². The zero-order valence-corrected chi connectivity index (χ0v) is 33.1. The van der Waals surface area contributed by atoms with E-state index in [0.717, 1.165) is 25.0 Å². The molecule has 0 spiro atoms. The monoisotopic (exact) mass is 798 g/mol. The number of carbonyl (C=O) groups is 7. The van der Waals surface area contributed by atoms with Gasteiger partial charge in [0.25, 0.3) is 0 Å². The van der Waals surface area contributed by atoms with Gasteiger partial charge in [0.1, 0.15) is 54.5 Å². The number of piperidine rings is 1. The van der Waals surface area contributed by atoms with Crippen molar-refractivity contribution in [3.63, 3.8) is 0 Å². The quantitative estimate of drug-likeness (QED) is 0.174. The molecule has 3 N–H and O–H groups in total. The van der Waals surface area contributed by atoms with E-state index in [-0.39, 0.29) is 50.4 Å². The summed E-state index contributed by atoms with van der Waals surface area (Å²) in [6, 6.07) is -4.06. The number of fused-ring (bicyclic) bond motifs is 3. The Morgan fingerprint density at radius 1 is 0.895 bits per heavy atom. The molecule has 1 aromatic rings. The van der Waals surface area contributed by atoms with Crippen LogP contribution in [-0.4, -0.2) is 119 Å². The van der Waals surface area contributed by atoms with Crippen LogP contribution < -0.4 is 16.0 Å². The van der Waals surface area contributed by atoms with E-state index < -0.39 is 95.9 Å². The lowest BCUT2D eigenvalue weighted by atomic mass is 9.98. The molecule has 312 valence electrons. The second-order valence-electron chi connectivity index (χ2n) is 15.7. The lowest BCUT2D eigenvalue weighted by molar-refractivity contribution is -0.158. The van der Waals surface area contributed by atoms with E-state index in [4.69, 9.17) is 4.74 Å². The molecule has 4 aliphatic rings. The minimum atomic E-state index is -1.55. The fourth-order valence-electron chi connectivity index (χ4n) is 8.29. The molecule has 4 aliphatic heterocycles. The normalized spacial score (nSPS) is 26.8. The third kappa shape index (κ3) is 10.9. The van der Waals surface area contributed by atoms with Crippen LogP contribution in [0.1, 0.15) is 97.0 Å². The molecule has 0 bridgehead atoms. The Hall–Kier alpha value is -4.89. The summed E-state index contributed by atoms with van der Waals surface area (Å²) in [7, 11) is 0. The molecular formula is C41H56F2N6O8. The van der Waals surface area contributed by atoms with Crippen LogP contribution in [0, 0.1) is 17.6 Å². The van der Waals surface area contributed by atoms with Gasteiger partial charge in [0.15, 0.2) is 0 Å². The molecule has 5 rings (SSSR count). The fourth-order valence-corrected chi connectivity index (χ4v) is 8.29. The number of cyclic esters (lactones) is 1. The molecule has 0 aromatic heterocycles. The Kier molecular flexibility index (Phi) is 15.2. The van der Waals surface area contributed by atoms with Crippen molar-refractivity contribution in [3.8, 4) is 0 Å². The maximum absolute atomic E-state index is 14.5. The summed E-state index contributed by atoms with van der Waals surface area (Å²) in [5.74, 6) is -6.30. The number of esters is 1. The maximum Gasteiger partial charge on any atom is 0.328 e. The molecule has 0 saturated carbocycles. The predicted molar refractivity (Wildman–Crippen MR) is 204 cm³/mol. The molecule has 57 heavy (non-hydrogen) atoms. The van der Waals surface area contributed by atoms with Gasteiger partial charge in [0.2, 0.25) is 35.4 Å². The van der Waals surface area contributed by atoms with E-state index >= 15 is 0 Å². The fraction of sp³-hybridized carbons (Fsp3) is 0.634. The van der Waals surface area contributed by atoms with Crippen molar-refractivity contribution in [2.45, 2.75) is 134 Å². The van der Waals surface area contributed by atoms with Crippen molar-refractivity contribution in [3.05, 3.63) is 47.5 Å². The Labute approximate surface area is 332 Å². The lowest BCUT2D eigenvalue weighted by Gasteiger charge is -2.39. The molecule has 0 unspecified atom stereocenters. The van der Waals surface area contributed by atoms with E-state index in [9.17, 15) is 42.3 Å². The van der Waals surface area contributed by atoms with E-state index in [0.29, 0.717) is 51.0 Å². The van der Waals surface area contributed by atoms with E-state index in [1.54, 1.807) is 6.08 Å². The van der Waals surface area contributed by atoms with E-state index in [1.165, 1.54) is 20.8 Å². The molecule has 0 aliphatic carbocycles. The number of allylic oxidation sites excluding steroid dienone is 1. The van der Waals surface area contributed by atoms with Crippen molar-refractivity contribution in [1.29, 1.82) is 0 Å². The number of rotatable bonds is 11. The Morgan fingerprint density at radius 2 is 1.60 bits per heavy atom. The van der Waals surface area contributed by atoms with Gasteiger partial charge < -0.3 is 35.4 Å². The topological polar surface area (TPSA) is 175 Å². The molecule has 14 nitrogen and oxygen atoms in total. The summed E-state index contributed by atoms with van der Waals surface area (Å²) in [6.07, 6.45) is 8.46. The van der Waals surface area contributed by atoms with Gasteiger partial charge in [0.05, 0.1) is 0 Å². The minimum Gasteiger partial charge on any atom is -0.461 e. The highest BCUT2D eigenvalue weighted by Crippen LogP contribution is 2.28. The Bertz CT molecular complexity index is 1690. The Morgan fingerprint density at radius 3 is 2.32 bits per heavy atom. The second-order valence-corrected chi connectivity index (χ2v) is 15.7. The maximum atomic E-state index is 14.5. The number of amides is 6. The van der Waals surface area contributed by atoms with E-state index in [1.807, 2.05) is 20.8 Å². The van der Waals surface area contributed by atoms with Crippen molar-refractivity contribution in [2.24, 2.45) is 5.92 Å². The number of hydrogen-bond donors (Lipinski definition) is 3. The van der Waals surface area contributed by atoms with E-state index in [2.05, 4.69) is 16.0 Å². The van der Waals surface area contributed by atoms with Crippen LogP contribution in [0.15, 0.2) is 30.4 Å². The number of hydrogen-bond acceptors (Lipinski definition) is 8. The van der Waals surface area contributed by atoms with Crippen molar-refractivity contribution in [1.82, 2.24) is 30.7 Å². The zero-order valence-electron chi connectivity index (χ0n) is 33.1. The average Bonchev–Trinajstić information content (AvgIpc) is 3.83. The molecule has 7 atom stereocenters. The van der Waals surface area contributed by atoms with Gasteiger partial charge >= 0.3 is 5.97 Å². The molecular weight excluding hydrogens is 742 g/mol. The highest BCUT2D eigenvalue weighted by atomic mass is 19.1. The van der Waals surface area contributed by atoms with Crippen LogP contribution in [0.25, 0.3) is 0 Å². The summed E-state index contributed by atoms with van der Waals surface area (Å²) in [6.45, 7) is 5.74. The first-order valence-corrected chi connectivity index (χ1v) is 20.4. The van der Waals surface area contributed by atoms with Crippen LogP contribution in [-0.2, 0) is 44.7 Å². The van der Waals surface area contributed by atoms with Crippen molar-refractivity contribution >= 4 is 41.4 Å². The second kappa shape index (κ2) is 20.0. The molecule has 6 amide bonds. The first-order valence-electron chi connectivity index (χ1n) is 20.4. The molecule has 16 heteroatoms. The number of nitrogens with one attached hydrogen (secondary N) is 3. The third-order valence-corrected chi connectivity index (χ3v) is 11.2. The largest absolute Gasteiger partial charge is 0.461 e. The highest BCUT2D eigenvalue weighted by molar-refractivity contribution is 5.98. The highest BCUT2D eigenvalue weighted by Gasteiger charge is 2.46. The molecule has 1 aromatic carbocycles. The summed E-state index contributed by atoms with van der Waals surface area (Å²) in [5, 5.41) is 8.08. The van der Waals surface area contributed by atoms with Gasteiger partial charge in [0, 0.05) is 32.1 Å². The summed E-state index contributed by atoms with van der Waals surface area (Å²) < 4.78 is 34.2. The summed E-state index contributed by atoms with van der Waals surface area (Å²) in [5.41, 5.74) is 0.0606. The average molecular weight is 799 g/mol. The van der Waals surface area contributed by atoms with Gasteiger partial charge in [-0.2, -0.15) is 0 Å². The molecule has 4 saturated heterocycles. The lowest BCUT2D eigenvalue weighted by Crippen LogP contribution is -2.62. The number of unbranched alkanes of at least 4 members (excludes halogenated alkanes) is 2. The van der Waals surface area contributed by atoms with Gasteiger partial charge in [-0.05, 0) is 81.1 Å². The van der Waals surface area contributed by atoms with Crippen LogP contribution in [0.5, 0.6) is 0 Å². The van der Waals surface area contributed by atoms with Crippen molar-refractivity contribution < 1.29 is 47.1 Å². The number of benzene rings is 1. The molecule has 4 fully saturated rings. The van der Waals surface area contributed by atoms with Crippen LogP contribution in [0.4, 0.5) is 8.78 Å². The molecule has 4 heterocycles. The SMILES string of the molecule is CCCC/C=C/C(=O)N[C@@H](Cc1cc(F)cc(F)c1)C(=O)N[C@H]1COC(=O)[C@@H]2C[C@@H](C)CN2C(=O)[C@H](CCC)NC(=O)[C@@H]2CCCCN2C(=O)[C@@H]2CCCN2C1=O. The zero-order chi connectivity index (χ0) is 41.2. The predicted octanol–water partition coefficient (Wildman–Crippen LogP) is 2.67. The van der Waals surface area contributed by atoms with Crippen molar-refractivity contribution in [2.75, 3.05) is 26.2 Å². The van der Waals surface area contributed by atoms with Crippen LogP contribution in [0.2, 0.25) is 0 Å². The van der Waals surface area contributed by atoms with Gasteiger partial charge in [-0.25, -0.2) is 13.6 Å². The van der Waals surface area contributed by atoms with Crippen LogP contribution >= 0.6 is 0 Å². The Balaban J connectivity index is 1.48. The van der Waals surface area contributed by atoms with Gasteiger partial charge in [-0.15, -0.1) is 0 Å². The number of carbonyl (C=O) groups excluding carboxylic acids is 7. The number of ether oxygens (including phenoxy) is 1.